The van der Waals surface area contributed by atoms with E-state index in [0.717, 1.165) is 18.5 Å². The van der Waals surface area contributed by atoms with Gasteiger partial charge in [-0.15, -0.1) is 0 Å². The molecular formula is C20H23FN4O2. The number of halogens is 1. The predicted octanol–water partition coefficient (Wildman–Crippen LogP) is 2.41. The molecule has 1 aliphatic heterocycles. The van der Waals surface area contributed by atoms with Gasteiger partial charge in [0.2, 0.25) is 0 Å². The summed E-state index contributed by atoms with van der Waals surface area (Å²) in [4.78, 5) is 36.2. The zero-order valence-electron chi connectivity index (χ0n) is 15.6. The molecule has 0 radical (unpaired) electrons. The largest absolute Gasteiger partial charge is 0.343 e. The molecule has 0 saturated carbocycles. The fourth-order valence-electron chi connectivity index (χ4n) is 3.37. The molecule has 2 heterocycles. The zero-order valence-corrected chi connectivity index (χ0v) is 15.6. The second kappa shape index (κ2) is 8.24. The molecule has 0 N–H and O–H groups in total. The summed E-state index contributed by atoms with van der Waals surface area (Å²) in [6.07, 6.45) is 3.87. The van der Waals surface area contributed by atoms with Gasteiger partial charge >= 0.3 is 0 Å². The molecule has 1 aromatic carbocycles. The average molecular weight is 370 g/mol. The summed E-state index contributed by atoms with van der Waals surface area (Å²) in [7, 11) is 3.36. The summed E-state index contributed by atoms with van der Waals surface area (Å²) in [6.45, 7) is 1.17. The van der Waals surface area contributed by atoms with Crippen molar-refractivity contribution in [2.45, 2.75) is 19.3 Å². The molecule has 1 fully saturated rings. The van der Waals surface area contributed by atoms with Gasteiger partial charge < -0.3 is 9.80 Å². The summed E-state index contributed by atoms with van der Waals surface area (Å²) < 4.78 is 13.9. The lowest BCUT2D eigenvalue weighted by atomic mass is 9.92. The lowest BCUT2D eigenvalue weighted by molar-refractivity contribution is 0.0668. The van der Waals surface area contributed by atoms with Gasteiger partial charge in [0.1, 0.15) is 17.8 Å². The van der Waals surface area contributed by atoms with Crippen LogP contribution in [0, 0.1) is 11.7 Å². The van der Waals surface area contributed by atoms with Gasteiger partial charge in [-0.2, -0.15) is 0 Å². The molecule has 1 atom stereocenters. The predicted molar refractivity (Wildman–Crippen MR) is 98.8 cm³/mol. The third-order valence-corrected chi connectivity index (χ3v) is 4.76. The summed E-state index contributed by atoms with van der Waals surface area (Å²) in [5.74, 6) is -0.721. The van der Waals surface area contributed by atoms with Crippen molar-refractivity contribution in [3.8, 4) is 0 Å². The van der Waals surface area contributed by atoms with Crippen LogP contribution in [0.5, 0.6) is 0 Å². The number of carbonyl (C=O) groups excluding carboxylic acids is 2. The van der Waals surface area contributed by atoms with Gasteiger partial charge in [0.25, 0.3) is 11.8 Å². The van der Waals surface area contributed by atoms with Gasteiger partial charge in [-0.1, -0.05) is 12.1 Å². The van der Waals surface area contributed by atoms with Crippen molar-refractivity contribution in [1.29, 1.82) is 0 Å². The lowest BCUT2D eigenvalue weighted by Crippen LogP contribution is -2.41. The van der Waals surface area contributed by atoms with Gasteiger partial charge in [-0.3, -0.25) is 9.59 Å². The first-order valence-corrected chi connectivity index (χ1v) is 9.02. The first-order chi connectivity index (χ1) is 13.0. The Labute approximate surface area is 158 Å². The van der Waals surface area contributed by atoms with E-state index >= 15 is 0 Å². The van der Waals surface area contributed by atoms with E-state index in [4.69, 9.17) is 0 Å². The van der Waals surface area contributed by atoms with E-state index in [1.807, 2.05) is 0 Å². The molecule has 2 amide bonds. The number of nitrogens with zero attached hydrogens (tertiary/aromatic N) is 4. The van der Waals surface area contributed by atoms with Gasteiger partial charge in [0.05, 0.1) is 5.56 Å². The van der Waals surface area contributed by atoms with Crippen molar-refractivity contribution >= 4 is 11.8 Å². The molecule has 1 aliphatic rings. The molecule has 0 aliphatic carbocycles. The fraction of sp³-hybridized carbons (Fsp3) is 0.400. The number of amides is 2. The topological polar surface area (TPSA) is 66.4 Å². The minimum atomic E-state index is -0.493. The Morgan fingerprint density at radius 1 is 1.26 bits per heavy atom. The van der Waals surface area contributed by atoms with Crippen LogP contribution in [0.4, 0.5) is 4.39 Å². The Kier molecular flexibility index (Phi) is 5.78. The van der Waals surface area contributed by atoms with Crippen molar-refractivity contribution in [1.82, 2.24) is 19.8 Å². The van der Waals surface area contributed by atoms with E-state index in [-0.39, 0.29) is 23.3 Å². The van der Waals surface area contributed by atoms with Crippen molar-refractivity contribution in [3.05, 3.63) is 59.4 Å². The van der Waals surface area contributed by atoms with E-state index in [1.165, 1.54) is 23.4 Å². The smallest absolute Gasteiger partial charge is 0.272 e. The summed E-state index contributed by atoms with van der Waals surface area (Å²) in [5, 5.41) is 0. The van der Waals surface area contributed by atoms with Gasteiger partial charge in [0, 0.05) is 32.9 Å². The van der Waals surface area contributed by atoms with E-state index in [9.17, 15) is 14.0 Å². The monoisotopic (exact) mass is 370 g/mol. The summed E-state index contributed by atoms with van der Waals surface area (Å²) >= 11 is 0. The highest BCUT2D eigenvalue weighted by Gasteiger charge is 2.26. The quantitative estimate of drug-likeness (QED) is 0.829. The average Bonchev–Trinajstić information content (AvgIpc) is 2.67. The summed E-state index contributed by atoms with van der Waals surface area (Å²) in [6, 6.07) is 7.78. The Balaban J connectivity index is 1.69. The minimum absolute atomic E-state index is 0.110. The van der Waals surface area contributed by atoms with E-state index in [0.29, 0.717) is 25.2 Å². The molecule has 2 aromatic rings. The van der Waals surface area contributed by atoms with Gasteiger partial charge in [0.15, 0.2) is 0 Å². The van der Waals surface area contributed by atoms with Crippen LogP contribution in [0.15, 0.2) is 36.7 Å². The summed E-state index contributed by atoms with van der Waals surface area (Å²) in [5.41, 5.74) is 1.25. The number of benzene rings is 1. The molecule has 0 bridgehead atoms. The molecule has 0 spiro atoms. The molecule has 3 rings (SSSR count). The third-order valence-electron chi connectivity index (χ3n) is 4.76. The van der Waals surface area contributed by atoms with E-state index < -0.39 is 5.82 Å². The van der Waals surface area contributed by atoms with Crippen molar-refractivity contribution in [3.63, 3.8) is 0 Å². The number of hydrogen-bond acceptors (Lipinski definition) is 4. The normalized spacial score (nSPS) is 16.9. The minimum Gasteiger partial charge on any atom is -0.343 e. The van der Waals surface area contributed by atoms with Crippen molar-refractivity contribution in [2.24, 2.45) is 5.92 Å². The Morgan fingerprint density at radius 3 is 2.78 bits per heavy atom. The highest BCUT2D eigenvalue weighted by Crippen LogP contribution is 2.22. The maximum Gasteiger partial charge on any atom is 0.272 e. The molecule has 7 heteroatoms. The molecule has 27 heavy (non-hydrogen) atoms. The van der Waals surface area contributed by atoms with Crippen LogP contribution >= 0.6 is 0 Å². The number of aromatic nitrogens is 2. The molecule has 1 unspecified atom stereocenters. The fourth-order valence-corrected chi connectivity index (χ4v) is 3.37. The molecular weight excluding hydrogens is 347 g/mol. The zero-order chi connectivity index (χ0) is 19.4. The lowest BCUT2D eigenvalue weighted by Gasteiger charge is -2.33. The molecule has 1 aromatic heterocycles. The van der Waals surface area contributed by atoms with Crippen LogP contribution in [-0.2, 0) is 6.42 Å². The maximum atomic E-state index is 13.9. The molecule has 6 nitrogen and oxygen atoms in total. The number of likely N-dealkylation sites (tertiary alicyclic amines) is 1. The Bertz CT molecular complexity index is 840. The van der Waals surface area contributed by atoms with E-state index in [2.05, 4.69) is 9.97 Å². The van der Waals surface area contributed by atoms with Gasteiger partial charge in [-0.25, -0.2) is 14.4 Å². The van der Waals surface area contributed by atoms with Crippen LogP contribution in [0.25, 0.3) is 0 Å². The maximum absolute atomic E-state index is 13.9. The Hall–Kier alpha value is -2.83. The standard InChI is InChI=1S/C20H23FN4O2/c1-24(2)20(27)18-11-15(22-13-23-18)10-14-6-5-9-25(12-14)19(26)16-7-3-4-8-17(16)21/h3-4,7-8,11,13-14H,5-6,9-10,12H2,1-2H3. The van der Waals surface area contributed by atoms with Crippen LogP contribution < -0.4 is 0 Å². The van der Waals surface area contributed by atoms with Crippen molar-refractivity contribution < 1.29 is 14.0 Å². The highest BCUT2D eigenvalue weighted by molar-refractivity contribution is 5.94. The first-order valence-electron chi connectivity index (χ1n) is 9.02. The SMILES string of the molecule is CN(C)C(=O)c1cc(CC2CCCN(C(=O)c3ccccc3F)C2)ncn1. The van der Waals surface area contributed by atoms with Crippen LogP contribution in [0.1, 0.15) is 39.4 Å². The molecule has 1 saturated heterocycles. The number of carbonyl (C=O) groups is 2. The Morgan fingerprint density at radius 2 is 2.04 bits per heavy atom. The number of hydrogen-bond donors (Lipinski definition) is 0. The van der Waals surface area contributed by atoms with Gasteiger partial charge in [-0.05, 0) is 43.4 Å². The third kappa shape index (κ3) is 4.48. The highest BCUT2D eigenvalue weighted by atomic mass is 19.1. The van der Waals surface area contributed by atoms with Crippen molar-refractivity contribution in [2.75, 3.05) is 27.2 Å². The second-order valence-electron chi connectivity index (χ2n) is 7.04. The first kappa shape index (κ1) is 18.9. The number of rotatable bonds is 4. The van der Waals surface area contributed by atoms with E-state index in [1.54, 1.807) is 37.2 Å². The van der Waals surface area contributed by atoms with Crippen LogP contribution in [0.3, 0.4) is 0 Å². The second-order valence-corrected chi connectivity index (χ2v) is 7.04. The van der Waals surface area contributed by atoms with Crippen LogP contribution in [-0.4, -0.2) is 58.8 Å². The number of piperidine rings is 1. The van der Waals surface area contributed by atoms with Crippen LogP contribution in [0.2, 0.25) is 0 Å². The molecule has 142 valence electrons.